The first-order valence-corrected chi connectivity index (χ1v) is 10.9. The molecule has 29 heavy (non-hydrogen) atoms. The van der Waals surface area contributed by atoms with Gasteiger partial charge in [0.1, 0.15) is 18.5 Å². The van der Waals surface area contributed by atoms with Gasteiger partial charge in [0.2, 0.25) is 0 Å². The fourth-order valence-electron chi connectivity index (χ4n) is 4.11. The summed E-state index contributed by atoms with van der Waals surface area (Å²) in [6.45, 7) is 2.83. The van der Waals surface area contributed by atoms with Crippen molar-refractivity contribution in [3.05, 3.63) is 47.8 Å². The molecule has 1 unspecified atom stereocenters. The van der Waals surface area contributed by atoms with Gasteiger partial charge in [-0.2, -0.15) is 5.10 Å². The van der Waals surface area contributed by atoms with Gasteiger partial charge in [0.25, 0.3) is 0 Å². The van der Waals surface area contributed by atoms with Crippen LogP contribution in [-0.4, -0.2) is 71.0 Å². The molecular formula is C23H36N4O2. The summed E-state index contributed by atoms with van der Waals surface area (Å²) in [5.41, 5.74) is 2.44. The molecule has 0 aliphatic heterocycles. The van der Waals surface area contributed by atoms with Gasteiger partial charge in [-0.1, -0.05) is 31.4 Å². The van der Waals surface area contributed by atoms with Gasteiger partial charge in [-0.15, -0.1) is 0 Å². The molecule has 3 rings (SSSR count). The van der Waals surface area contributed by atoms with Gasteiger partial charge in [-0.3, -0.25) is 5.10 Å². The van der Waals surface area contributed by atoms with E-state index < -0.39 is 6.10 Å². The van der Waals surface area contributed by atoms with Crippen molar-refractivity contribution in [2.75, 3.05) is 33.8 Å². The highest BCUT2D eigenvalue weighted by molar-refractivity contribution is 5.28. The van der Waals surface area contributed by atoms with E-state index in [-0.39, 0.29) is 0 Å². The predicted octanol–water partition coefficient (Wildman–Crippen LogP) is 3.09. The average molecular weight is 401 g/mol. The zero-order valence-electron chi connectivity index (χ0n) is 17.9. The molecule has 1 atom stereocenters. The molecule has 1 heterocycles. The topological polar surface area (TPSA) is 64.6 Å². The van der Waals surface area contributed by atoms with Gasteiger partial charge >= 0.3 is 0 Å². The highest BCUT2D eigenvalue weighted by Crippen LogP contribution is 2.22. The zero-order chi connectivity index (χ0) is 20.5. The van der Waals surface area contributed by atoms with Crippen LogP contribution in [0.25, 0.3) is 0 Å². The van der Waals surface area contributed by atoms with Crippen LogP contribution in [0.2, 0.25) is 0 Å². The summed E-state index contributed by atoms with van der Waals surface area (Å²) >= 11 is 0. The zero-order valence-corrected chi connectivity index (χ0v) is 17.9. The van der Waals surface area contributed by atoms with Crippen LogP contribution in [0.15, 0.2) is 36.7 Å². The minimum atomic E-state index is -0.469. The highest BCUT2D eigenvalue weighted by Gasteiger charge is 2.20. The minimum absolute atomic E-state index is 0.330. The molecule has 6 heteroatoms. The van der Waals surface area contributed by atoms with Gasteiger partial charge in [-0.05, 0) is 56.6 Å². The first-order valence-electron chi connectivity index (χ1n) is 10.9. The van der Waals surface area contributed by atoms with Gasteiger partial charge < -0.3 is 19.6 Å². The predicted molar refractivity (Wildman–Crippen MR) is 116 cm³/mol. The van der Waals surface area contributed by atoms with Crippen molar-refractivity contribution in [1.29, 1.82) is 0 Å². The van der Waals surface area contributed by atoms with E-state index in [9.17, 15) is 5.11 Å². The molecule has 6 nitrogen and oxygen atoms in total. The molecule has 1 aliphatic rings. The number of hydrogen-bond acceptors (Lipinski definition) is 5. The maximum absolute atomic E-state index is 10.4. The summed E-state index contributed by atoms with van der Waals surface area (Å²) in [6.07, 6.45) is 10.8. The first-order chi connectivity index (χ1) is 14.1. The largest absolute Gasteiger partial charge is 0.491 e. The second kappa shape index (κ2) is 11.3. The van der Waals surface area contributed by atoms with E-state index in [2.05, 4.69) is 46.2 Å². The van der Waals surface area contributed by atoms with E-state index in [0.717, 1.165) is 25.3 Å². The number of H-pyrrole nitrogens is 1. The molecule has 1 aromatic heterocycles. The van der Waals surface area contributed by atoms with Crippen LogP contribution < -0.4 is 4.74 Å². The second-order valence-corrected chi connectivity index (χ2v) is 8.44. The van der Waals surface area contributed by atoms with Crippen LogP contribution in [-0.2, 0) is 13.0 Å². The third kappa shape index (κ3) is 7.46. The molecule has 0 radical (unpaired) electrons. The molecule has 2 aromatic rings. The standard InChI is InChI=1S/C23H36N4O2/c1-26(12-11-20-14-24-25-15-20)16-19-7-6-10-23(13-19)29-18-22(28)17-27(2)21-8-4-3-5-9-21/h6-7,10,13-15,21-22,28H,3-5,8-9,11-12,16-18H2,1-2H3,(H,24,25). The number of ether oxygens (including phenoxy) is 1. The summed E-state index contributed by atoms with van der Waals surface area (Å²) < 4.78 is 5.89. The van der Waals surface area contributed by atoms with Crippen LogP contribution in [0.1, 0.15) is 43.2 Å². The number of aromatic amines is 1. The van der Waals surface area contributed by atoms with Gasteiger partial charge in [0.05, 0.1) is 6.20 Å². The monoisotopic (exact) mass is 400 g/mol. The van der Waals surface area contributed by atoms with Crippen molar-refractivity contribution in [1.82, 2.24) is 20.0 Å². The number of likely N-dealkylation sites (N-methyl/N-ethyl adjacent to an activating group) is 2. The molecule has 1 saturated carbocycles. The summed E-state index contributed by atoms with van der Waals surface area (Å²) in [6, 6.07) is 8.79. The van der Waals surface area contributed by atoms with E-state index in [1.54, 1.807) is 0 Å². The molecular weight excluding hydrogens is 364 g/mol. The fourth-order valence-corrected chi connectivity index (χ4v) is 4.11. The first kappa shape index (κ1) is 21.8. The minimum Gasteiger partial charge on any atom is -0.491 e. The lowest BCUT2D eigenvalue weighted by atomic mass is 9.94. The Morgan fingerprint density at radius 2 is 2.03 bits per heavy atom. The SMILES string of the molecule is CN(CCc1cn[nH]c1)Cc1cccc(OCC(O)CN(C)C2CCCCC2)c1. The number of nitrogens with zero attached hydrogens (tertiary/aromatic N) is 3. The van der Waals surface area contributed by atoms with Crippen LogP contribution in [0.3, 0.4) is 0 Å². The summed E-state index contributed by atoms with van der Waals surface area (Å²) in [5, 5.41) is 17.3. The van der Waals surface area contributed by atoms with Crippen LogP contribution in [0.5, 0.6) is 5.75 Å². The van der Waals surface area contributed by atoms with Crippen LogP contribution >= 0.6 is 0 Å². The molecule has 1 aromatic carbocycles. The maximum Gasteiger partial charge on any atom is 0.119 e. The van der Waals surface area contributed by atoms with Crippen molar-refractivity contribution >= 4 is 0 Å². The summed E-state index contributed by atoms with van der Waals surface area (Å²) in [7, 11) is 4.25. The quantitative estimate of drug-likeness (QED) is 0.607. The third-order valence-electron chi connectivity index (χ3n) is 5.83. The number of aromatic nitrogens is 2. The van der Waals surface area contributed by atoms with Crippen molar-refractivity contribution in [3.8, 4) is 5.75 Å². The Labute approximate surface area is 174 Å². The van der Waals surface area contributed by atoms with Crippen LogP contribution in [0, 0.1) is 0 Å². The number of aliphatic hydroxyl groups excluding tert-OH is 1. The molecule has 0 bridgehead atoms. The van der Waals surface area contributed by atoms with Gasteiger partial charge in [0.15, 0.2) is 0 Å². The fraction of sp³-hybridized carbons (Fsp3) is 0.609. The Kier molecular flexibility index (Phi) is 8.52. The maximum atomic E-state index is 10.4. The number of aliphatic hydroxyl groups is 1. The van der Waals surface area contributed by atoms with E-state index >= 15 is 0 Å². The van der Waals surface area contributed by atoms with Crippen molar-refractivity contribution in [2.24, 2.45) is 0 Å². The summed E-state index contributed by atoms with van der Waals surface area (Å²) in [4.78, 5) is 4.60. The lowest BCUT2D eigenvalue weighted by Gasteiger charge is -2.32. The Morgan fingerprint density at radius 3 is 2.79 bits per heavy atom. The Morgan fingerprint density at radius 1 is 1.21 bits per heavy atom. The van der Waals surface area contributed by atoms with E-state index in [1.165, 1.54) is 43.2 Å². The molecule has 1 aliphatic carbocycles. The lowest BCUT2D eigenvalue weighted by molar-refractivity contribution is 0.0561. The number of nitrogens with one attached hydrogen (secondary N) is 1. The van der Waals surface area contributed by atoms with Gasteiger partial charge in [-0.25, -0.2) is 0 Å². The lowest BCUT2D eigenvalue weighted by Crippen LogP contribution is -2.40. The van der Waals surface area contributed by atoms with E-state index in [4.69, 9.17) is 4.74 Å². The normalized spacial score (nSPS) is 16.4. The van der Waals surface area contributed by atoms with Crippen molar-refractivity contribution < 1.29 is 9.84 Å². The highest BCUT2D eigenvalue weighted by atomic mass is 16.5. The van der Waals surface area contributed by atoms with E-state index in [1.807, 2.05) is 24.5 Å². The number of rotatable bonds is 11. The number of hydrogen-bond donors (Lipinski definition) is 2. The average Bonchev–Trinajstić information content (AvgIpc) is 3.25. The third-order valence-corrected chi connectivity index (χ3v) is 5.83. The molecule has 160 valence electrons. The van der Waals surface area contributed by atoms with Gasteiger partial charge in [0, 0.05) is 31.9 Å². The molecule has 1 fully saturated rings. The summed E-state index contributed by atoms with van der Waals surface area (Å²) in [5.74, 6) is 0.824. The number of benzene rings is 1. The smallest absolute Gasteiger partial charge is 0.119 e. The molecule has 2 N–H and O–H groups in total. The van der Waals surface area contributed by atoms with Crippen molar-refractivity contribution in [3.63, 3.8) is 0 Å². The van der Waals surface area contributed by atoms with Crippen LogP contribution in [0.4, 0.5) is 0 Å². The Bertz CT molecular complexity index is 701. The van der Waals surface area contributed by atoms with Crippen molar-refractivity contribution in [2.45, 2.75) is 57.2 Å². The second-order valence-electron chi connectivity index (χ2n) is 8.44. The Balaban J connectivity index is 1.40. The molecule has 0 saturated heterocycles. The molecule has 0 spiro atoms. The van der Waals surface area contributed by atoms with E-state index in [0.29, 0.717) is 19.2 Å². The molecule has 0 amide bonds. The Hall–Kier alpha value is -1.89.